The number of carboxylic acids is 1. The van der Waals surface area contributed by atoms with Gasteiger partial charge in [0.25, 0.3) is 0 Å². The molecule has 19 heavy (non-hydrogen) atoms. The first-order chi connectivity index (χ1) is 8.95. The first-order valence-electron chi connectivity index (χ1n) is 5.22. The van der Waals surface area contributed by atoms with Crippen LogP contribution in [0.5, 0.6) is 11.5 Å². The molecular formula is C12H10FNO5. The zero-order valence-corrected chi connectivity index (χ0v) is 10.1. The molecule has 1 aromatic heterocycles. The summed E-state index contributed by atoms with van der Waals surface area (Å²) in [7, 11) is 1.23. The molecule has 0 saturated heterocycles. The average molecular weight is 267 g/mol. The van der Waals surface area contributed by atoms with Crippen LogP contribution in [0.1, 0.15) is 16.1 Å². The maximum absolute atomic E-state index is 13.7. The second-order valence-electron chi connectivity index (χ2n) is 3.79. The van der Waals surface area contributed by atoms with Crippen molar-refractivity contribution in [2.24, 2.45) is 0 Å². The van der Waals surface area contributed by atoms with Crippen LogP contribution in [-0.4, -0.2) is 28.4 Å². The van der Waals surface area contributed by atoms with E-state index in [2.05, 4.69) is 5.16 Å². The predicted octanol–water partition coefficient (Wildman–Crippen LogP) is 2.20. The molecule has 0 bridgehead atoms. The van der Waals surface area contributed by atoms with Crippen molar-refractivity contribution in [3.05, 3.63) is 29.2 Å². The number of nitrogens with zero attached hydrogens (tertiary/aromatic N) is 1. The van der Waals surface area contributed by atoms with Crippen LogP contribution in [0.25, 0.3) is 11.3 Å². The molecule has 0 saturated carbocycles. The number of hydrogen-bond acceptors (Lipinski definition) is 5. The van der Waals surface area contributed by atoms with Crippen molar-refractivity contribution in [1.29, 1.82) is 0 Å². The smallest absolute Gasteiger partial charge is 0.358 e. The standard InChI is InChI=1S/C12H10FNO5/c1-5-6(3-7(13)11(18-2)10(5)15)9-4-8(12(16)17)14-19-9/h3-4,15H,1-2H3,(H,16,17). The van der Waals surface area contributed by atoms with E-state index in [9.17, 15) is 14.3 Å². The van der Waals surface area contributed by atoms with Gasteiger partial charge in [0.1, 0.15) is 0 Å². The summed E-state index contributed by atoms with van der Waals surface area (Å²) in [5.74, 6) is -2.64. The molecule has 0 fully saturated rings. The SMILES string of the molecule is COc1c(F)cc(-c2cc(C(=O)O)no2)c(C)c1O. The second kappa shape index (κ2) is 4.60. The van der Waals surface area contributed by atoms with Crippen LogP contribution in [0.4, 0.5) is 4.39 Å². The molecular weight excluding hydrogens is 257 g/mol. The highest BCUT2D eigenvalue weighted by Gasteiger charge is 2.20. The van der Waals surface area contributed by atoms with Crippen molar-refractivity contribution in [2.45, 2.75) is 6.92 Å². The van der Waals surface area contributed by atoms with Crippen molar-refractivity contribution < 1.29 is 28.7 Å². The van der Waals surface area contributed by atoms with Gasteiger partial charge < -0.3 is 19.5 Å². The fourth-order valence-corrected chi connectivity index (χ4v) is 1.66. The van der Waals surface area contributed by atoms with E-state index in [0.717, 1.165) is 12.1 Å². The first kappa shape index (κ1) is 12.9. The number of ether oxygens (including phenoxy) is 1. The summed E-state index contributed by atoms with van der Waals surface area (Å²) in [5, 5.41) is 21.9. The van der Waals surface area contributed by atoms with Gasteiger partial charge in [0.2, 0.25) is 0 Å². The van der Waals surface area contributed by atoms with E-state index >= 15 is 0 Å². The molecule has 1 aromatic carbocycles. The fourth-order valence-electron chi connectivity index (χ4n) is 1.66. The molecule has 0 radical (unpaired) electrons. The Bertz CT molecular complexity index is 650. The van der Waals surface area contributed by atoms with Crippen LogP contribution >= 0.6 is 0 Å². The number of hydrogen-bond donors (Lipinski definition) is 2. The van der Waals surface area contributed by atoms with Crippen molar-refractivity contribution >= 4 is 5.97 Å². The molecule has 0 aliphatic rings. The zero-order chi connectivity index (χ0) is 14.2. The molecule has 0 aliphatic carbocycles. The monoisotopic (exact) mass is 267 g/mol. The third-order valence-electron chi connectivity index (χ3n) is 2.66. The molecule has 0 amide bonds. The lowest BCUT2D eigenvalue weighted by molar-refractivity contribution is 0.0686. The van der Waals surface area contributed by atoms with Crippen molar-refractivity contribution in [1.82, 2.24) is 5.16 Å². The van der Waals surface area contributed by atoms with Crippen LogP contribution in [0.15, 0.2) is 16.7 Å². The molecule has 2 rings (SSSR count). The number of methoxy groups -OCH3 is 1. The number of halogens is 1. The maximum atomic E-state index is 13.7. The maximum Gasteiger partial charge on any atom is 0.358 e. The molecule has 0 spiro atoms. The highest BCUT2D eigenvalue weighted by molar-refractivity contribution is 5.86. The van der Waals surface area contributed by atoms with Gasteiger partial charge in [-0.2, -0.15) is 0 Å². The lowest BCUT2D eigenvalue weighted by Gasteiger charge is -2.10. The van der Waals surface area contributed by atoms with Gasteiger partial charge in [-0.25, -0.2) is 9.18 Å². The summed E-state index contributed by atoms with van der Waals surface area (Å²) in [4.78, 5) is 10.7. The van der Waals surface area contributed by atoms with Crippen LogP contribution in [0.2, 0.25) is 0 Å². The molecule has 100 valence electrons. The largest absolute Gasteiger partial charge is 0.504 e. The van der Waals surface area contributed by atoms with Crippen molar-refractivity contribution in [3.63, 3.8) is 0 Å². The summed E-state index contributed by atoms with van der Waals surface area (Å²) in [5.41, 5.74) is 0.201. The number of aromatic carboxylic acids is 1. The van der Waals surface area contributed by atoms with Gasteiger partial charge >= 0.3 is 5.97 Å². The van der Waals surface area contributed by atoms with E-state index in [4.69, 9.17) is 14.4 Å². The van der Waals surface area contributed by atoms with Crippen LogP contribution < -0.4 is 4.74 Å². The Balaban J connectivity index is 2.59. The number of phenolic OH excluding ortho intramolecular Hbond substituents is 1. The molecule has 7 heteroatoms. The Hall–Kier alpha value is -2.57. The Morgan fingerprint density at radius 2 is 2.16 bits per heavy atom. The van der Waals surface area contributed by atoms with E-state index in [1.54, 1.807) is 0 Å². The average Bonchev–Trinajstić information content (AvgIpc) is 2.84. The molecule has 1 heterocycles. The Morgan fingerprint density at radius 3 is 2.68 bits per heavy atom. The second-order valence-corrected chi connectivity index (χ2v) is 3.79. The molecule has 0 aliphatic heterocycles. The number of carbonyl (C=O) groups is 1. The molecule has 2 N–H and O–H groups in total. The predicted molar refractivity (Wildman–Crippen MR) is 61.8 cm³/mol. The summed E-state index contributed by atoms with van der Waals surface area (Å²) >= 11 is 0. The van der Waals surface area contributed by atoms with Gasteiger partial charge in [0, 0.05) is 17.2 Å². The van der Waals surface area contributed by atoms with Crippen LogP contribution in [0.3, 0.4) is 0 Å². The lowest BCUT2D eigenvalue weighted by Crippen LogP contribution is -1.95. The minimum absolute atomic E-state index is 0.0479. The van der Waals surface area contributed by atoms with E-state index < -0.39 is 11.8 Å². The summed E-state index contributed by atoms with van der Waals surface area (Å²) in [6, 6.07) is 2.23. The Kier molecular flexibility index (Phi) is 3.12. The van der Waals surface area contributed by atoms with Crippen LogP contribution in [-0.2, 0) is 0 Å². The minimum atomic E-state index is -1.26. The minimum Gasteiger partial charge on any atom is -0.504 e. The normalized spacial score (nSPS) is 10.5. The highest BCUT2D eigenvalue weighted by Crippen LogP contribution is 2.39. The van der Waals surface area contributed by atoms with E-state index in [0.29, 0.717) is 5.56 Å². The van der Waals surface area contributed by atoms with Gasteiger partial charge in [0.05, 0.1) is 7.11 Å². The highest BCUT2D eigenvalue weighted by atomic mass is 19.1. The third-order valence-corrected chi connectivity index (χ3v) is 2.66. The summed E-state index contributed by atoms with van der Waals surface area (Å²) in [6.45, 7) is 1.52. The lowest BCUT2D eigenvalue weighted by atomic mass is 10.0. The van der Waals surface area contributed by atoms with Crippen molar-refractivity contribution in [2.75, 3.05) is 7.11 Å². The zero-order valence-electron chi connectivity index (χ0n) is 10.1. The number of carboxylic acid groups (broad SMARTS) is 1. The van der Waals surface area contributed by atoms with Gasteiger partial charge in [-0.1, -0.05) is 5.16 Å². The Labute approximate surface area is 107 Å². The van der Waals surface area contributed by atoms with Crippen molar-refractivity contribution in [3.8, 4) is 22.8 Å². The van der Waals surface area contributed by atoms with E-state index in [1.165, 1.54) is 14.0 Å². The molecule has 6 nitrogen and oxygen atoms in total. The topological polar surface area (TPSA) is 92.8 Å². The number of phenols is 1. The van der Waals surface area contributed by atoms with Crippen LogP contribution in [0, 0.1) is 12.7 Å². The molecule has 0 unspecified atom stereocenters. The van der Waals surface area contributed by atoms with Gasteiger partial charge in [-0.05, 0) is 13.0 Å². The molecule has 2 aromatic rings. The first-order valence-corrected chi connectivity index (χ1v) is 5.22. The van der Waals surface area contributed by atoms with E-state index in [1.807, 2.05) is 0 Å². The summed E-state index contributed by atoms with van der Waals surface area (Å²) < 4.78 is 23.2. The van der Waals surface area contributed by atoms with E-state index in [-0.39, 0.29) is 28.5 Å². The number of rotatable bonds is 3. The summed E-state index contributed by atoms with van der Waals surface area (Å²) in [6.07, 6.45) is 0. The number of aromatic nitrogens is 1. The van der Waals surface area contributed by atoms with Gasteiger partial charge in [-0.3, -0.25) is 0 Å². The molecule has 0 atom stereocenters. The van der Waals surface area contributed by atoms with Gasteiger partial charge in [-0.15, -0.1) is 0 Å². The fraction of sp³-hybridized carbons (Fsp3) is 0.167. The number of aromatic hydroxyl groups is 1. The quantitative estimate of drug-likeness (QED) is 0.885. The number of benzene rings is 1. The Morgan fingerprint density at radius 1 is 1.47 bits per heavy atom. The third kappa shape index (κ3) is 2.10. The van der Waals surface area contributed by atoms with Gasteiger partial charge in [0.15, 0.2) is 28.8 Å².